The van der Waals surface area contributed by atoms with Crippen LogP contribution >= 0.6 is 0 Å². The summed E-state index contributed by atoms with van der Waals surface area (Å²) in [5.74, 6) is 2.38. The lowest BCUT2D eigenvalue weighted by atomic mass is 10.2. The number of nitrogens with zero attached hydrogens (tertiary/aromatic N) is 1. The Morgan fingerprint density at radius 3 is 2.12 bits per heavy atom. The van der Waals surface area contributed by atoms with Gasteiger partial charge in [-0.25, -0.2) is 4.98 Å². The van der Waals surface area contributed by atoms with Crippen LogP contribution in [-0.2, 0) is 6.61 Å². The normalized spacial score (nSPS) is 10.6. The van der Waals surface area contributed by atoms with Crippen LogP contribution in [0.3, 0.4) is 0 Å². The standard InChI is InChI=1S/C22H17NO2/c1-2-7-20(8-3-1)25-21-14-12-19(13-15-21)24-16-18-11-10-17-6-4-5-9-22(17)23-18/h1-15H,16H2. The number of pyridine rings is 1. The van der Waals surface area contributed by atoms with Gasteiger partial charge in [0, 0.05) is 5.39 Å². The monoisotopic (exact) mass is 327 g/mol. The average Bonchev–Trinajstić information content (AvgIpc) is 2.68. The fraction of sp³-hybridized carbons (Fsp3) is 0.0455. The van der Waals surface area contributed by atoms with Crippen molar-refractivity contribution in [1.29, 1.82) is 0 Å². The Kier molecular flexibility index (Phi) is 4.29. The first-order chi connectivity index (χ1) is 12.4. The van der Waals surface area contributed by atoms with Crippen LogP contribution in [0.2, 0.25) is 0 Å². The minimum absolute atomic E-state index is 0.434. The number of rotatable bonds is 5. The van der Waals surface area contributed by atoms with E-state index < -0.39 is 0 Å². The molecule has 0 saturated heterocycles. The molecule has 4 aromatic rings. The Labute approximate surface area is 146 Å². The minimum Gasteiger partial charge on any atom is -0.487 e. The molecule has 3 nitrogen and oxygen atoms in total. The maximum atomic E-state index is 5.83. The summed E-state index contributed by atoms with van der Waals surface area (Å²) in [5, 5.41) is 1.13. The van der Waals surface area contributed by atoms with Crippen LogP contribution in [0.5, 0.6) is 17.2 Å². The van der Waals surface area contributed by atoms with Crippen LogP contribution in [0.15, 0.2) is 91.0 Å². The van der Waals surface area contributed by atoms with Gasteiger partial charge >= 0.3 is 0 Å². The highest BCUT2D eigenvalue weighted by molar-refractivity contribution is 5.78. The Hall–Kier alpha value is -3.33. The van der Waals surface area contributed by atoms with Gasteiger partial charge in [0.2, 0.25) is 0 Å². The molecule has 4 rings (SSSR count). The summed E-state index contributed by atoms with van der Waals surface area (Å²) in [6.45, 7) is 0.434. The summed E-state index contributed by atoms with van der Waals surface area (Å²) in [7, 11) is 0. The van der Waals surface area contributed by atoms with Gasteiger partial charge in [0.1, 0.15) is 23.9 Å². The molecule has 0 aliphatic carbocycles. The fourth-order valence-electron chi connectivity index (χ4n) is 2.57. The second-order valence-electron chi connectivity index (χ2n) is 5.67. The third-order valence-corrected chi connectivity index (χ3v) is 3.85. The number of hydrogen-bond acceptors (Lipinski definition) is 3. The molecule has 0 amide bonds. The first-order valence-corrected chi connectivity index (χ1v) is 8.17. The molecule has 0 saturated carbocycles. The van der Waals surface area contributed by atoms with E-state index in [1.807, 2.05) is 78.9 Å². The van der Waals surface area contributed by atoms with Crippen molar-refractivity contribution in [3.8, 4) is 17.2 Å². The molecule has 3 heteroatoms. The lowest BCUT2D eigenvalue weighted by Gasteiger charge is -2.09. The lowest BCUT2D eigenvalue weighted by Crippen LogP contribution is -1.98. The van der Waals surface area contributed by atoms with Crippen LogP contribution in [0, 0.1) is 0 Å². The highest BCUT2D eigenvalue weighted by Crippen LogP contribution is 2.24. The van der Waals surface area contributed by atoms with Crippen molar-refractivity contribution in [3.05, 3.63) is 96.7 Å². The van der Waals surface area contributed by atoms with Gasteiger partial charge in [0.05, 0.1) is 11.2 Å². The molecular formula is C22H17NO2. The maximum absolute atomic E-state index is 5.83. The van der Waals surface area contributed by atoms with Gasteiger partial charge in [-0.3, -0.25) is 0 Å². The SMILES string of the molecule is c1ccc(Oc2ccc(OCc3ccc4ccccc4n3)cc2)cc1. The second kappa shape index (κ2) is 7.05. The maximum Gasteiger partial charge on any atom is 0.130 e. The Morgan fingerprint density at radius 1 is 0.600 bits per heavy atom. The Morgan fingerprint density at radius 2 is 1.28 bits per heavy atom. The van der Waals surface area contributed by atoms with Gasteiger partial charge < -0.3 is 9.47 Å². The van der Waals surface area contributed by atoms with E-state index in [1.54, 1.807) is 0 Å². The molecule has 0 unspecified atom stereocenters. The number of para-hydroxylation sites is 2. The van der Waals surface area contributed by atoms with Crippen LogP contribution in [0.25, 0.3) is 10.9 Å². The second-order valence-corrected chi connectivity index (χ2v) is 5.67. The van der Waals surface area contributed by atoms with E-state index in [-0.39, 0.29) is 0 Å². The lowest BCUT2D eigenvalue weighted by molar-refractivity contribution is 0.301. The Bertz CT molecular complexity index is 966. The molecule has 0 atom stereocenters. The van der Waals surface area contributed by atoms with Crippen molar-refractivity contribution in [2.45, 2.75) is 6.61 Å². The van der Waals surface area contributed by atoms with Crippen LogP contribution < -0.4 is 9.47 Å². The van der Waals surface area contributed by atoms with E-state index in [1.165, 1.54) is 0 Å². The van der Waals surface area contributed by atoms with Gasteiger partial charge in [0.25, 0.3) is 0 Å². The van der Waals surface area contributed by atoms with E-state index in [2.05, 4.69) is 17.1 Å². The molecular weight excluding hydrogens is 310 g/mol. The van der Waals surface area contributed by atoms with Gasteiger partial charge in [-0.2, -0.15) is 0 Å². The smallest absolute Gasteiger partial charge is 0.130 e. The van der Waals surface area contributed by atoms with E-state index in [0.717, 1.165) is 33.8 Å². The van der Waals surface area contributed by atoms with Crippen molar-refractivity contribution in [2.75, 3.05) is 0 Å². The topological polar surface area (TPSA) is 31.4 Å². The quantitative estimate of drug-likeness (QED) is 0.478. The molecule has 0 spiro atoms. The third-order valence-electron chi connectivity index (χ3n) is 3.85. The van der Waals surface area contributed by atoms with E-state index >= 15 is 0 Å². The van der Waals surface area contributed by atoms with Crippen molar-refractivity contribution in [2.24, 2.45) is 0 Å². The van der Waals surface area contributed by atoms with Crippen LogP contribution in [-0.4, -0.2) is 4.98 Å². The molecule has 1 aromatic heterocycles. The summed E-state index contributed by atoms with van der Waals surface area (Å²) in [4.78, 5) is 4.61. The van der Waals surface area contributed by atoms with Gasteiger partial charge in [-0.15, -0.1) is 0 Å². The van der Waals surface area contributed by atoms with E-state index in [9.17, 15) is 0 Å². The number of aromatic nitrogens is 1. The third kappa shape index (κ3) is 3.78. The molecule has 0 N–H and O–H groups in total. The van der Waals surface area contributed by atoms with E-state index in [4.69, 9.17) is 9.47 Å². The zero-order chi connectivity index (χ0) is 16.9. The number of hydrogen-bond donors (Lipinski definition) is 0. The predicted octanol–water partition coefficient (Wildman–Crippen LogP) is 5.61. The van der Waals surface area contributed by atoms with Gasteiger partial charge in [0.15, 0.2) is 0 Å². The van der Waals surface area contributed by atoms with Crippen molar-refractivity contribution in [1.82, 2.24) is 4.98 Å². The zero-order valence-electron chi connectivity index (χ0n) is 13.6. The number of ether oxygens (including phenoxy) is 2. The van der Waals surface area contributed by atoms with Crippen LogP contribution in [0.1, 0.15) is 5.69 Å². The summed E-state index contributed by atoms with van der Waals surface area (Å²) in [6.07, 6.45) is 0. The highest BCUT2D eigenvalue weighted by Gasteiger charge is 2.01. The first-order valence-electron chi connectivity index (χ1n) is 8.17. The average molecular weight is 327 g/mol. The predicted molar refractivity (Wildman–Crippen MR) is 99.0 cm³/mol. The van der Waals surface area contributed by atoms with Crippen LogP contribution in [0.4, 0.5) is 0 Å². The highest BCUT2D eigenvalue weighted by atomic mass is 16.5. The van der Waals surface area contributed by atoms with Gasteiger partial charge in [-0.05, 0) is 48.5 Å². The molecule has 1 heterocycles. The number of benzene rings is 3. The van der Waals surface area contributed by atoms with Crippen molar-refractivity contribution < 1.29 is 9.47 Å². The number of fused-ring (bicyclic) bond motifs is 1. The summed E-state index contributed by atoms with van der Waals surface area (Å²) in [5.41, 5.74) is 1.89. The summed E-state index contributed by atoms with van der Waals surface area (Å²) >= 11 is 0. The fourth-order valence-corrected chi connectivity index (χ4v) is 2.57. The van der Waals surface area contributed by atoms with E-state index in [0.29, 0.717) is 6.61 Å². The molecule has 122 valence electrons. The molecule has 0 aliphatic rings. The molecule has 25 heavy (non-hydrogen) atoms. The molecule has 0 bridgehead atoms. The zero-order valence-corrected chi connectivity index (χ0v) is 13.6. The molecule has 0 fully saturated rings. The van der Waals surface area contributed by atoms with Gasteiger partial charge in [-0.1, -0.05) is 42.5 Å². The first kappa shape index (κ1) is 15.2. The minimum atomic E-state index is 0.434. The molecule has 3 aromatic carbocycles. The summed E-state index contributed by atoms with van der Waals surface area (Å²) in [6, 6.07) is 29.4. The van der Waals surface area contributed by atoms with Crippen molar-refractivity contribution >= 4 is 10.9 Å². The molecule has 0 radical (unpaired) electrons. The Balaban J connectivity index is 1.40. The van der Waals surface area contributed by atoms with Crippen molar-refractivity contribution in [3.63, 3.8) is 0 Å². The molecule has 0 aliphatic heterocycles. The summed E-state index contributed by atoms with van der Waals surface area (Å²) < 4.78 is 11.6. The largest absolute Gasteiger partial charge is 0.487 e.